The van der Waals surface area contributed by atoms with E-state index in [0.717, 1.165) is 18.8 Å². The molecule has 0 aromatic heterocycles. The highest BCUT2D eigenvalue weighted by Gasteiger charge is 2.41. The number of benzene rings is 1. The molecule has 1 aliphatic heterocycles. The second kappa shape index (κ2) is 4.25. The van der Waals surface area contributed by atoms with Crippen LogP contribution in [0.15, 0.2) is 18.2 Å². The number of nitrogen functional groups attached to an aromatic ring is 1. The fourth-order valence-corrected chi connectivity index (χ4v) is 3.38. The lowest BCUT2D eigenvalue weighted by molar-refractivity contribution is 0.0193. The maximum Gasteiger partial charge on any atom is 0.0363 e. The van der Waals surface area contributed by atoms with Crippen LogP contribution in [0.2, 0.25) is 0 Å². The SMILES string of the molecule is CN(C)C1(CN2Cc3cccc(N)c3C2)CCC1. The van der Waals surface area contributed by atoms with Crippen LogP contribution in [0.1, 0.15) is 30.4 Å². The van der Waals surface area contributed by atoms with Crippen molar-refractivity contribution in [1.29, 1.82) is 0 Å². The fourth-order valence-electron chi connectivity index (χ4n) is 3.38. The number of likely N-dealkylation sites (N-methyl/N-ethyl adjacent to an activating group) is 1. The molecule has 2 aliphatic rings. The Bertz CT molecular complexity index is 449. The van der Waals surface area contributed by atoms with E-state index in [0.29, 0.717) is 5.54 Å². The number of hydrogen-bond acceptors (Lipinski definition) is 3. The van der Waals surface area contributed by atoms with Crippen LogP contribution in [0.5, 0.6) is 0 Å². The summed E-state index contributed by atoms with van der Waals surface area (Å²) in [6, 6.07) is 6.31. The van der Waals surface area contributed by atoms with Crippen molar-refractivity contribution >= 4 is 5.69 Å². The van der Waals surface area contributed by atoms with Gasteiger partial charge in [0.05, 0.1) is 0 Å². The van der Waals surface area contributed by atoms with Crippen LogP contribution in [0.25, 0.3) is 0 Å². The van der Waals surface area contributed by atoms with Gasteiger partial charge in [0.1, 0.15) is 0 Å². The minimum absolute atomic E-state index is 0.413. The van der Waals surface area contributed by atoms with Crippen LogP contribution in [0.3, 0.4) is 0 Å². The van der Waals surface area contributed by atoms with E-state index in [1.54, 1.807) is 0 Å². The van der Waals surface area contributed by atoms with E-state index in [1.165, 1.54) is 36.9 Å². The molecule has 1 aromatic carbocycles. The van der Waals surface area contributed by atoms with Crippen LogP contribution in [-0.4, -0.2) is 36.0 Å². The van der Waals surface area contributed by atoms with Crippen molar-refractivity contribution in [3.63, 3.8) is 0 Å². The second-order valence-electron chi connectivity index (χ2n) is 6.10. The molecule has 0 saturated heterocycles. The van der Waals surface area contributed by atoms with Gasteiger partial charge in [-0.3, -0.25) is 4.90 Å². The number of anilines is 1. The average molecular weight is 245 g/mol. The lowest BCUT2D eigenvalue weighted by Gasteiger charge is -2.49. The number of rotatable bonds is 3. The Kier molecular flexibility index (Phi) is 2.83. The van der Waals surface area contributed by atoms with Gasteiger partial charge in [0.25, 0.3) is 0 Å². The van der Waals surface area contributed by atoms with Gasteiger partial charge in [-0.1, -0.05) is 12.1 Å². The van der Waals surface area contributed by atoms with Crippen molar-refractivity contribution in [1.82, 2.24) is 9.80 Å². The highest BCUT2D eigenvalue weighted by Crippen LogP contribution is 2.39. The van der Waals surface area contributed by atoms with Crippen molar-refractivity contribution in [2.45, 2.75) is 37.9 Å². The fraction of sp³-hybridized carbons (Fsp3) is 0.600. The monoisotopic (exact) mass is 245 g/mol. The Balaban J connectivity index is 1.73. The number of fused-ring (bicyclic) bond motifs is 1. The average Bonchev–Trinajstić information content (AvgIpc) is 2.67. The van der Waals surface area contributed by atoms with Crippen molar-refractivity contribution in [3.8, 4) is 0 Å². The lowest BCUT2D eigenvalue weighted by atomic mass is 9.75. The van der Waals surface area contributed by atoms with E-state index < -0.39 is 0 Å². The molecule has 0 spiro atoms. The Morgan fingerprint density at radius 3 is 2.61 bits per heavy atom. The summed E-state index contributed by atoms with van der Waals surface area (Å²) in [4.78, 5) is 4.98. The molecule has 1 fully saturated rings. The largest absolute Gasteiger partial charge is 0.398 e. The van der Waals surface area contributed by atoms with Crippen molar-refractivity contribution in [2.24, 2.45) is 0 Å². The zero-order valence-electron chi connectivity index (χ0n) is 11.4. The zero-order chi connectivity index (χ0) is 12.8. The zero-order valence-corrected chi connectivity index (χ0v) is 11.4. The van der Waals surface area contributed by atoms with Gasteiger partial charge < -0.3 is 10.6 Å². The molecule has 18 heavy (non-hydrogen) atoms. The van der Waals surface area contributed by atoms with Crippen LogP contribution < -0.4 is 5.73 Å². The molecular formula is C15H23N3. The van der Waals surface area contributed by atoms with E-state index in [1.807, 2.05) is 6.07 Å². The molecule has 0 radical (unpaired) electrons. The van der Waals surface area contributed by atoms with Crippen LogP contribution >= 0.6 is 0 Å². The molecule has 1 heterocycles. The number of nitrogens with two attached hydrogens (primary N) is 1. The van der Waals surface area contributed by atoms with Gasteiger partial charge >= 0.3 is 0 Å². The standard InChI is InChI=1S/C15H23N3/c1-17(2)15(7-4-8-15)11-18-9-12-5-3-6-14(16)13(12)10-18/h3,5-6H,4,7-11,16H2,1-2H3. The maximum absolute atomic E-state index is 6.07. The van der Waals surface area contributed by atoms with Gasteiger partial charge in [0.15, 0.2) is 0 Å². The maximum atomic E-state index is 6.07. The Morgan fingerprint density at radius 2 is 2.06 bits per heavy atom. The van der Waals surface area contributed by atoms with E-state index in [4.69, 9.17) is 5.73 Å². The van der Waals surface area contributed by atoms with E-state index in [2.05, 4.69) is 36.0 Å². The molecule has 3 nitrogen and oxygen atoms in total. The summed E-state index contributed by atoms with van der Waals surface area (Å²) in [5.41, 5.74) is 10.2. The number of nitrogens with zero attached hydrogens (tertiary/aromatic N) is 2. The first kappa shape index (κ1) is 12.0. The number of hydrogen-bond donors (Lipinski definition) is 1. The molecular weight excluding hydrogens is 222 g/mol. The molecule has 3 heteroatoms. The molecule has 0 bridgehead atoms. The quantitative estimate of drug-likeness (QED) is 0.827. The summed E-state index contributed by atoms with van der Waals surface area (Å²) in [6.07, 6.45) is 4.05. The van der Waals surface area contributed by atoms with Crippen LogP contribution in [-0.2, 0) is 13.1 Å². The topological polar surface area (TPSA) is 32.5 Å². The summed E-state index contributed by atoms with van der Waals surface area (Å²) in [6.45, 7) is 3.27. The van der Waals surface area contributed by atoms with Crippen LogP contribution in [0.4, 0.5) is 5.69 Å². The van der Waals surface area contributed by atoms with Crippen LogP contribution in [0, 0.1) is 0 Å². The van der Waals surface area contributed by atoms with E-state index in [9.17, 15) is 0 Å². The first-order chi connectivity index (χ1) is 8.61. The lowest BCUT2D eigenvalue weighted by Crippen LogP contribution is -2.56. The van der Waals surface area contributed by atoms with Crippen molar-refractivity contribution in [2.75, 3.05) is 26.4 Å². The van der Waals surface area contributed by atoms with Gasteiger partial charge in [-0.15, -0.1) is 0 Å². The molecule has 0 atom stereocenters. The highest BCUT2D eigenvalue weighted by atomic mass is 15.2. The van der Waals surface area contributed by atoms with Gasteiger partial charge in [-0.05, 0) is 50.6 Å². The summed E-state index contributed by atoms with van der Waals surface area (Å²) in [7, 11) is 4.44. The molecule has 1 saturated carbocycles. The molecule has 98 valence electrons. The molecule has 1 aromatic rings. The van der Waals surface area contributed by atoms with Gasteiger partial charge in [-0.25, -0.2) is 0 Å². The Hall–Kier alpha value is -1.06. The van der Waals surface area contributed by atoms with Crippen molar-refractivity contribution < 1.29 is 0 Å². The third kappa shape index (κ3) is 1.82. The molecule has 2 N–H and O–H groups in total. The van der Waals surface area contributed by atoms with Gasteiger partial charge in [0.2, 0.25) is 0 Å². The van der Waals surface area contributed by atoms with Gasteiger partial charge in [-0.2, -0.15) is 0 Å². The first-order valence-corrected chi connectivity index (χ1v) is 6.87. The van der Waals surface area contributed by atoms with Gasteiger partial charge in [0, 0.05) is 30.9 Å². The predicted molar refractivity (Wildman–Crippen MR) is 75.2 cm³/mol. The van der Waals surface area contributed by atoms with Crippen molar-refractivity contribution in [3.05, 3.63) is 29.3 Å². The molecule has 1 aliphatic carbocycles. The Labute approximate surface area is 110 Å². The molecule has 0 amide bonds. The highest BCUT2D eigenvalue weighted by molar-refractivity contribution is 5.52. The second-order valence-corrected chi connectivity index (χ2v) is 6.10. The summed E-state index contributed by atoms with van der Waals surface area (Å²) in [5, 5.41) is 0. The summed E-state index contributed by atoms with van der Waals surface area (Å²) < 4.78 is 0. The Morgan fingerprint density at radius 1 is 1.28 bits per heavy atom. The third-order valence-electron chi connectivity index (χ3n) is 4.84. The first-order valence-electron chi connectivity index (χ1n) is 6.87. The van der Waals surface area contributed by atoms with E-state index >= 15 is 0 Å². The molecule has 0 unspecified atom stereocenters. The minimum atomic E-state index is 0.413. The normalized spacial score (nSPS) is 21.9. The minimum Gasteiger partial charge on any atom is -0.398 e. The molecule has 3 rings (SSSR count). The summed E-state index contributed by atoms with van der Waals surface area (Å²) >= 11 is 0. The summed E-state index contributed by atoms with van der Waals surface area (Å²) in [5.74, 6) is 0. The predicted octanol–water partition coefficient (Wildman–Crippen LogP) is 2.07. The smallest absolute Gasteiger partial charge is 0.0363 e. The third-order valence-corrected chi connectivity index (χ3v) is 4.84. The van der Waals surface area contributed by atoms with E-state index in [-0.39, 0.29) is 0 Å².